The Bertz CT molecular complexity index is 812. The maximum Gasteiger partial charge on any atom is 0.185 e. The number of ketones is 2. The molecule has 6 heteroatoms. The van der Waals surface area contributed by atoms with Gasteiger partial charge in [0.2, 0.25) is 0 Å². The van der Waals surface area contributed by atoms with Crippen LogP contribution in [0.4, 0.5) is 8.78 Å². The van der Waals surface area contributed by atoms with Crippen LogP contribution in [0, 0.1) is 11.6 Å². The van der Waals surface area contributed by atoms with Crippen LogP contribution in [0.3, 0.4) is 0 Å². The molecule has 0 amide bonds. The van der Waals surface area contributed by atoms with Crippen molar-refractivity contribution in [2.24, 2.45) is 0 Å². The minimum atomic E-state index is -1.08. The number of rotatable bonds is 6. The van der Waals surface area contributed by atoms with Crippen molar-refractivity contribution in [1.82, 2.24) is 4.98 Å². The van der Waals surface area contributed by atoms with Crippen molar-refractivity contribution in [3.63, 3.8) is 0 Å². The van der Waals surface area contributed by atoms with E-state index in [0.29, 0.717) is 11.3 Å². The van der Waals surface area contributed by atoms with Gasteiger partial charge in [0.25, 0.3) is 0 Å². The van der Waals surface area contributed by atoms with Crippen molar-refractivity contribution in [1.29, 1.82) is 0 Å². The predicted octanol–water partition coefficient (Wildman–Crippen LogP) is 2.83. The van der Waals surface area contributed by atoms with Gasteiger partial charge in [-0.25, -0.2) is 8.78 Å². The van der Waals surface area contributed by atoms with Gasteiger partial charge < -0.3 is 5.11 Å². The fourth-order valence-electron chi connectivity index (χ4n) is 1.76. The van der Waals surface area contributed by atoms with E-state index in [4.69, 9.17) is 5.11 Å². The van der Waals surface area contributed by atoms with Crippen LogP contribution in [0.25, 0.3) is 12.2 Å². The summed E-state index contributed by atoms with van der Waals surface area (Å²) in [6.45, 7) is -0.566. The SMILES string of the molecule is O=C(/C=C/c1ccc(/C=C/C(=O)c2ccc(F)c(F)c2)cn1)CO. The highest BCUT2D eigenvalue weighted by Crippen LogP contribution is 2.11. The summed E-state index contributed by atoms with van der Waals surface area (Å²) in [6.07, 6.45) is 6.87. The Morgan fingerprint density at radius 2 is 1.83 bits per heavy atom. The molecule has 2 rings (SSSR count). The van der Waals surface area contributed by atoms with Crippen LogP contribution in [-0.2, 0) is 4.79 Å². The molecule has 0 spiro atoms. The Hall–Kier alpha value is -2.99. The largest absolute Gasteiger partial charge is 0.388 e. The van der Waals surface area contributed by atoms with Gasteiger partial charge in [0.15, 0.2) is 23.2 Å². The predicted molar refractivity (Wildman–Crippen MR) is 85.1 cm³/mol. The van der Waals surface area contributed by atoms with Gasteiger partial charge >= 0.3 is 0 Å². The third-order valence-corrected chi connectivity index (χ3v) is 3.04. The van der Waals surface area contributed by atoms with Crippen LogP contribution in [0.2, 0.25) is 0 Å². The molecule has 0 aliphatic rings. The van der Waals surface area contributed by atoms with Crippen LogP contribution in [-0.4, -0.2) is 28.3 Å². The second kappa shape index (κ2) is 8.03. The first-order valence-corrected chi connectivity index (χ1v) is 6.95. The molecule has 1 N–H and O–H groups in total. The number of carbonyl (C=O) groups excluding carboxylic acids is 2. The first-order chi connectivity index (χ1) is 11.5. The van der Waals surface area contributed by atoms with E-state index in [9.17, 15) is 18.4 Å². The molecule has 1 aromatic heterocycles. The number of pyridine rings is 1. The average molecular weight is 329 g/mol. The molecule has 0 saturated heterocycles. The van der Waals surface area contributed by atoms with E-state index in [1.165, 1.54) is 36.6 Å². The number of benzene rings is 1. The molecule has 1 heterocycles. The minimum Gasteiger partial charge on any atom is -0.388 e. The number of aliphatic hydroxyl groups excluding tert-OH is 1. The van der Waals surface area contributed by atoms with Gasteiger partial charge in [0, 0.05) is 11.8 Å². The molecule has 4 nitrogen and oxygen atoms in total. The summed E-state index contributed by atoms with van der Waals surface area (Å²) >= 11 is 0. The number of allylic oxidation sites excluding steroid dienone is 1. The summed E-state index contributed by atoms with van der Waals surface area (Å²) in [5, 5.41) is 8.60. The average Bonchev–Trinajstić information content (AvgIpc) is 2.60. The lowest BCUT2D eigenvalue weighted by Gasteiger charge is -1.98. The Balaban J connectivity index is 2.06. The highest BCUT2D eigenvalue weighted by molar-refractivity contribution is 6.06. The summed E-state index contributed by atoms with van der Waals surface area (Å²) in [4.78, 5) is 26.9. The minimum absolute atomic E-state index is 0.0418. The molecule has 0 fully saturated rings. The molecular weight excluding hydrogens is 316 g/mol. The summed E-state index contributed by atoms with van der Waals surface area (Å²) in [6, 6.07) is 6.24. The van der Waals surface area contributed by atoms with Crippen molar-refractivity contribution < 1.29 is 23.5 Å². The second-order valence-electron chi connectivity index (χ2n) is 4.80. The number of nitrogens with zero attached hydrogens (tertiary/aromatic N) is 1. The standard InChI is InChI=1S/C18H13F2NO3/c19-16-7-3-13(9-17(16)20)18(24)8-2-12-1-4-14(21-10-12)5-6-15(23)11-22/h1-10,22H,11H2/b6-5+,8-2+. The van der Waals surface area contributed by atoms with Gasteiger partial charge in [-0.1, -0.05) is 6.07 Å². The lowest BCUT2D eigenvalue weighted by atomic mass is 10.1. The summed E-state index contributed by atoms with van der Waals surface area (Å²) < 4.78 is 25.9. The van der Waals surface area contributed by atoms with Crippen LogP contribution in [0.1, 0.15) is 21.6 Å². The van der Waals surface area contributed by atoms with E-state index >= 15 is 0 Å². The fourth-order valence-corrected chi connectivity index (χ4v) is 1.76. The lowest BCUT2D eigenvalue weighted by Crippen LogP contribution is -1.97. The molecule has 2 aromatic rings. The number of hydrogen-bond acceptors (Lipinski definition) is 4. The first-order valence-electron chi connectivity index (χ1n) is 6.95. The zero-order chi connectivity index (χ0) is 17.5. The van der Waals surface area contributed by atoms with Crippen LogP contribution in [0.15, 0.2) is 48.7 Å². The molecule has 24 heavy (non-hydrogen) atoms. The summed E-state index contributed by atoms with van der Waals surface area (Å²) in [5.41, 5.74) is 1.18. The van der Waals surface area contributed by atoms with E-state index in [1.54, 1.807) is 12.1 Å². The second-order valence-corrected chi connectivity index (χ2v) is 4.80. The van der Waals surface area contributed by atoms with Gasteiger partial charge in [-0.15, -0.1) is 0 Å². The number of halogens is 2. The Kier molecular flexibility index (Phi) is 5.81. The quantitative estimate of drug-likeness (QED) is 0.654. The van der Waals surface area contributed by atoms with Crippen molar-refractivity contribution in [3.05, 3.63) is 77.1 Å². The molecule has 1 aromatic carbocycles. The van der Waals surface area contributed by atoms with Crippen LogP contribution < -0.4 is 0 Å². The third kappa shape index (κ3) is 4.76. The number of aromatic nitrogens is 1. The van der Waals surface area contributed by atoms with Crippen molar-refractivity contribution in [2.75, 3.05) is 6.61 Å². The highest BCUT2D eigenvalue weighted by Gasteiger charge is 2.07. The fraction of sp³-hybridized carbons (Fsp3) is 0.0556. The van der Waals surface area contributed by atoms with E-state index in [0.717, 1.165) is 12.1 Å². The van der Waals surface area contributed by atoms with E-state index in [1.807, 2.05) is 0 Å². The van der Waals surface area contributed by atoms with Gasteiger partial charge in [0.05, 0.1) is 5.69 Å². The maximum absolute atomic E-state index is 13.1. The monoisotopic (exact) mass is 329 g/mol. The molecular formula is C18H13F2NO3. The van der Waals surface area contributed by atoms with Crippen LogP contribution in [0.5, 0.6) is 0 Å². The Labute approximate surface area is 136 Å². The van der Waals surface area contributed by atoms with Crippen LogP contribution >= 0.6 is 0 Å². The highest BCUT2D eigenvalue weighted by atomic mass is 19.2. The first kappa shape index (κ1) is 17.4. The molecule has 0 aliphatic carbocycles. The van der Waals surface area contributed by atoms with Crippen molar-refractivity contribution >= 4 is 23.7 Å². The van der Waals surface area contributed by atoms with Gasteiger partial charge in [0.1, 0.15) is 6.61 Å². The zero-order valence-electron chi connectivity index (χ0n) is 12.4. The summed E-state index contributed by atoms with van der Waals surface area (Å²) in [7, 11) is 0. The molecule has 0 radical (unpaired) electrons. The zero-order valence-corrected chi connectivity index (χ0v) is 12.4. The lowest BCUT2D eigenvalue weighted by molar-refractivity contribution is -0.117. The topological polar surface area (TPSA) is 67.3 Å². The third-order valence-electron chi connectivity index (χ3n) is 3.04. The van der Waals surface area contributed by atoms with Crippen molar-refractivity contribution in [2.45, 2.75) is 0 Å². The van der Waals surface area contributed by atoms with E-state index < -0.39 is 29.8 Å². The van der Waals surface area contributed by atoms with E-state index in [-0.39, 0.29) is 5.56 Å². The number of carbonyl (C=O) groups is 2. The normalized spacial score (nSPS) is 11.3. The molecule has 0 bridgehead atoms. The molecule has 0 atom stereocenters. The number of hydrogen-bond donors (Lipinski definition) is 1. The van der Waals surface area contributed by atoms with Crippen molar-refractivity contribution in [3.8, 4) is 0 Å². The maximum atomic E-state index is 13.1. The molecule has 0 saturated carbocycles. The number of aliphatic hydroxyl groups is 1. The van der Waals surface area contributed by atoms with Gasteiger partial charge in [-0.05, 0) is 54.1 Å². The molecule has 0 aliphatic heterocycles. The Morgan fingerprint density at radius 3 is 2.46 bits per heavy atom. The van der Waals surface area contributed by atoms with Gasteiger partial charge in [-0.2, -0.15) is 0 Å². The smallest absolute Gasteiger partial charge is 0.185 e. The Morgan fingerprint density at radius 1 is 1.04 bits per heavy atom. The van der Waals surface area contributed by atoms with Gasteiger partial charge in [-0.3, -0.25) is 14.6 Å². The molecule has 0 unspecified atom stereocenters. The van der Waals surface area contributed by atoms with E-state index in [2.05, 4.69) is 4.98 Å². The summed E-state index contributed by atoms with van der Waals surface area (Å²) in [5.74, 6) is -2.99. The molecule has 122 valence electrons.